The quantitative estimate of drug-likeness (QED) is 0.411. The number of hydrogen-bond acceptors (Lipinski definition) is 8. The van der Waals surface area contributed by atoms with Crippen LogP contribution in [0.4, 0.5) is 32.9 Å². The molecule has 5 rings (SSSR count). The van der Waals surface area contributed by atoms with Crippen LogP contribution in [0.1, 0.15) is 31.9 Å². The Balaban J connectivity index is 1.39. The zero-order valence-corrected chi connectivity index (χ0v) is 25.4. The standard InChI is InChI=1S/C32H41N7O4/c1-23-10-12-25(13-11-23)33-27-21-28(35-29(34-27)36-14-16-37(17-15-36)31(42)43-32(2,3)4)38-18-19-39(30(40)41)26(22-38)20-24-8-6-5-7-9-24/h5-13,21,26H,14-20,22H2,1-4H3,(H,40,41)(H,33,34,35). The molecule has 11 nitrogen and oxygen atoms in total. The molecule has 2 aliphatic rings. The topological polar surface area (TPSA) is 114 Å². The summed E-state index contributed by atoms with van der Waals surface area (Å²) in [7, 11) is 0. The Kier molecular flexibility index (Phi) is 8.89. The number of carbonyl (C=O) groups is 2. The van der Waals surface area contributed by atoms with Gasteiger partial charge in [0, 0.05) is 57.6 Å². The number of carbonyl (C=O) groups excluding carboxylic acids is 1. The minimum Gasteiger partial charge on any atom is -0.465 e. The van der Waals surface area contributed by atoms with E-state index in [1.165, 1.54) is 10.5 Å². The molecule has 3 heterocycles. The number of benzene rings is 2. The lowest BCUT2D eigenvalue weighted by atomic mass is 10.0. The van der Waals surface area contributed by atoms with Crippen molar-refractivity contribution in [2.45, 2.75) is 45.8 Å². The monoisotopic (exact) mass is 587 g/mol. The molecular weight excluding hydrogens is 546 g/mol. The van der Waals surface area contributed by atoms with Gasteiger partial charge in [-0.05, 0) is 51.8 Å². The van der Waals surface area contributed by atoms with E-state index < -0.39 is 11.7 Å². The van der Waals surface area contributed by atoms with E-state index in [2.05, 4.69) is 15.1 Å². The maximum atomic E-state index is 12.6. The van der Waals surface area contributed by atoms with Gasteiger partial charge in [-0.1, -0.05) is 48.0 Å². The van der Waals surface area contributed by atoms with Crippen LogP contribution in [0.5, 0.6) is 0 Å². The first kappa shape index (κ1) is 29.9. The van der Waals surface area contributed by atoms with E-state index in [-0.39, 0.29) is 12.1 Å². The van der Waals surface area contributed by atoms with Crippen molar-refractivity contribution in [3.05, 3.63) is 71.8 Å². The zero-order chi connectivity index (χ0) is 30.6. The summed E-state index contributed by atoms with van der Waals surface area (Å²) in [5.74, 6) is 1.95. The van der Waals surface area contributed by atoms with E-state index in [1.807, 2.05) is 88.4 Å². The first-order valence-electron chi connectivity index (χ1n) is 14.8. The van der Waals surface area contributed by atoms with Crippen molar-refractivity contribution in [1.29, 1.82) is 0 Å². The molecule has 2 amide bonds. The molecule has 2 aliphatic heterocycles. The minimum atomic E-state index is -0.909. The van der Waals surface area contributed by atoms with Gasteiger partial charge in [0.05, 0.1) is 6.04 Å². The number of nitrogens with zero attached hydrogens (tertiary/aromatic N) is 6. The van der Waals surface area contributed by atoms with Gasteiger partial charge in [-0.2, -0.15) is 9.97 Å². The Labute approximate surface area is 253 Å². The summed E-state index contributed by atoms with van der Waals surface area (Å²) in [5.41, 5.74) is 2.62. The molecule has 1 unspecified atom stereocenters. The van der Waals surface area contributed by atoms with Crippen LogP contribution in [0.15, 0.2) is 60.7 Å². The molecule has 2 N–H and O–H groups in total. The molecule has 2 fully saturated rings. The van der Waals surface area contributed by atoms with Gasteiger partial charge in [0.1, 0.15) is 17.2 Å². The number of carboxylic acid groups (broad SMARTS) is 1. The highest BCUT2D eigenvalue weighted by Gasteiger charge is 2.32. The van der Waals surface area contributed by atoms with Crippen LogP contribution in [-0.4, -0.2) is 94.5 Å². The number of rotatable bonds is 6. The van der Waals surface area contributed by atoms with Gasteiger partial charge < -0.3 is 34.8 Å². The van der Waals surface area contributed by atoms with Crippen LogP contribution in [0.3, 0.4) is 0 Å². The maximum absolute atomic E-state index is 12.6. The van der Waals surface area contributed by atoms with Crippen molar-refractivity contribution in [3.8, 4) is 0 Å². The van der Waals surface area contributed by atoms with Crippen LogP contribution in [0.2, 0.25) is 0 Å². The summed E-state index contributed by atoms with van der Waals surface area (Å²) in [6.45, 7) is 11.2. The third-order valence-corrected chi connectivity index (χ3v) is 7.61. The van der Waals surface area contributed by atoms with Gasteiger partial charge in [0.15, 0.2) is 0 Å². The summed E-state index contributed by atoms with van der Waals surface area (Å²) in [6, 6.07) is 19.8. The predicted molar refractivity (Wildman–Crippen MR) is 167 cm³/mol. The molecule has 1 atom stereocenters. The summed E-state index contributed by atoms with van der Waals surface area (Å²) in [6.07, 6.45) is -0.610. The fourth-order valence-electron chi connectivity index (χ4n) is 5.37. The van der Waals surface area contributed by atoms with Crippen LogP contribution in [0.25, 0.3) is 0 Å². The Bertz CT molecular complexity index is 1400. The normalized spacial score (nSPS) is 17.5. The average Bonchev–Trinajstić information content (AvgIpc) is 2.98. The number of aromatic nitrogens is 2. The SMILES string of the molecule is Cc1ccc(Nc2cc(N3CCN(C(=O)O)C(Cc4ccccc4)C3)nc(N3CCN(C(=O)OC(C)(C)C)CC3)n2)cc1. The smallest absolute Gasteiger partial charge is 0.410 e. The molecule has 0 bridgehead atoms. The Morgan fingerprint density at radius 1 is 0.930 bits per heavy atom. The number of ether oxygens (including phenoxy) is 1. The molecule has 43 heavy (non-hydrogen) atoms. The van der Waals surface area contributed by atoms with Gasteiger partial charge in [-0.25, -0.2) is 9.59 Å². The molecule has 0 saturated carbocycles. The number of nitrogens with one attached hydrogen (secondary N) is 1. The Morgan fingerprint density at radius 3 is 2.26 bits per heavy atom. The molecule has 2 saturated heterocycles. The molecule has 0 radical (unpaired) electrons. The van der Waals surface area contributed by atoms with E-state index in [0.717, 1.165) is 17.1 Å². The Hall–Kier alpha value is -4.54. The third-order valence-electron chi connectivity index (χ3n) is 7.61. The lowest BCUT2D eigenvalue weighted by molar-refractivity contribution is 0.0240. The average molecular weight is 588 g/mol. The van der Waals surface area contributed by atoms with E-state index in [9.17, 15) is 14.7 Å². The maximum Gasteiger partial charge on any atom is 0.410 e. The van der Waals surface area contributed by atoms with E-state index in [0.29, 0.717) is 64.0 Å². The molecule has 2 aromatic carbocycles. The summed E-state index contributed by atoms with van der Waals surface area (Å²) in [5, 5.41) is 13.4. The summed E-state index contributed by atoms with van der Waals surface area (Å²) >= 11 is 0. The third kappa shape index (κ3) is 7.85. The van der Waals surface area contributed by atoms with Crippen molar-refractivity contribution in [3.63, 3.8) is 0 Å². The second kappa shape index (κ2) is 12.8. The molecule has 228 valence electrons. The number of anilines is 4. The van der Waals surface area contributed by atoms with Crippen molar-refractivity contribution in [2.75, 3.05) is 60.9 Å². The molecule has 0 spiro atoms. The van der Waals surface area contributed by atoms with Crippen LogP contribution in [0, 0.1) is 6.92 Å². The zero-order valence-electron chi connectivity index (χ0n) is 25.4. The fourth-order valence-corrected chi connectivity index (χ4v) is 5.37. The van der Waals surface area contributed by atoms with Gasteiger partial charge >= 0.3 is 12.2 Å². The van der Waals surface area contributed by atoms with Crippen molar-refractivity contribution < 1.29 is 19.4 Å². The molecular formula is C32H41N7O4. The number of aryl methyl sites for hydroxylation is 1. The highest BCUT2D eigenvalue weighted by atomic mass is 16.6. The van der Waals surface area contributed by atoms with Gasteiger partial charge in [-0.15, -0.1) is 0 Å². The van der Waals surface area contributed by atoms with Crippen molar-refractivity contribution in [1.82, 2.24) is 19.8 Å². The van der Waals surface area contributed by atoms with Crippen molar-refractivity contribution in [2.24, 2.45) is 0 Å². The van der Waals surface area contributed by atoms with Crippen LogP contribution < -0.4 is 15.1 Å². The lowest BCUT2D eigenvalue weighted by Gasteiger charge is -2.41. The minimum absolute atomic E-state index is 0.224. The van der Waals surface area contributed by atoms with Crippen LogP contribution >= 0.6 is 0 Å². The highest BCUT2D eigenvalue weighted by molar-refractivity contribution is 5.69. The largest absolute Gasteiger partial charge is 0.465 e. The van der Waals surface area contributed by atoms with E-state index in [4.69, 9.17) is 14.7 Å². The number of hydrogen-bond donors (Lipinski definition) is 2. The number of amides is 2. The number of piperazine rings is 2. The van der Waals surface area contributed by atoms with Gasteiger partial charge in [-0.3, -0.25) is 0 Å². The van der Waals surface area contributed by atoms with E-state index in [1.54, 1.807) is 4.90 Å². The van der Waals surface area contributed by atoms with Gasteiger partial charge in [0.25, 0.3) is 0 Å². The van der Waals surface area contributed by atoms with Gasteiger partial charge in [0.2, 0.25) is 5.95 Å². The first-order chi connectivity index (χ1) is 20.5. The Morgan fingerprint density at radius 2 is 1.60 bits per heavy atom. The summed E-state index contributed by atoms with van der Waals surface area (Å²) in [4.78, 5) is 42.1. The first-order valence-corrected chi connectivity index (χ1v) is 14.8. The van der Waals surface area contributed by atoms with Crippen LogP contribution in [-0.2, 0) is 11.2 Å². The molecule has 11 heteroatoms. The molecule has 1 aromatic heterocycles. The highest BCUT2D eigenvalue weighted by Crippen LogP contribution is 2.27. The lowest BCUT2D eigenvalue weighted by Crippen LogP contribution is -2.56. The summed E-state index contributed by atoms with van der Waals surface area (Å²) < 4.78 is 5.56. The van der Waals surface area contributed by atoms with Crippen molar-refractivity contribution >= 4 is 35.5 Å². The molecule has 3 aromatic rings. The second-order valence-electron chi connectivity index (χ2n) is 12.1. The molecule has 0 aliphatic carbocycles. The fraction of sp³-hybridized carbons (Fsp3) is 0.438. The van der Waals surface area contributed by atoms with E-state index >= 15 is 0 Å². The second-order valence-corrected chi connectivity index (χ2v) is 12.1. The predicted octanol–water partition coefficient (Wildman–Crippen LogP) is 5.00.